The standard InChI is InChI=1S/C90H54BN3/c1-5-17-55(18-6-1)63-31-39-74-67(45-63)35-43-80-84(74)86-76-41-33-65(57-21-9-3-10-22-57)47-69(76)51-78-89(86)93(80)82-53-73(92(71-37-29-59-25-13-15-27-61(59)49-71)72-38-30-60-26-14-16-28-62(60)50-72)54-83-88(82)91(78)79-52-70-48-66(58-23-11-4-12-24-58)34-42-77(70)87-85-75-40-32-64(56-19-7-2-8-20-56)46-68(75)36-44-81(85)94(83)90(79)87/h1-54H. The van der Waals surface area contributed by atoms with Gasteiger partial charge in [0.05, 0.1) is 27.8 Å². The van der Waals surface area contributed by atoms with Crippen LogP contribution in [0.15, 0.2) is 328 Å². The van der Waals surface area contributed by atoms with Crippen LogP contribution in [0.5, 0.6) is 0 Å². The Hall–Kier alpha value is -12.2. The second-order valence-corrected chi connectivity index (χ2v) is 25.9. The van der Waals surface area contributed by atoms with Crippen LogP contribution < -0.4 is 21.3 Å². The highest BCUT2D eigenvalue weighted by atomic mass is 15.2. The van der Waals surface area contributed by atoms with E-state index in [1.165, 1.54) is 181 Å². The molecule has 0 amide bonds. The molecule has 0 fully saturated rings. The molecule has 0 spiro atoms. The van der Waals surface area contributed by atoms with E-state index in [4.69, 9.17) is 0 Å². The maximum atomic E-state index is 2.69. The van der Waals surface area contributed by atoms with Gasteiger partial charge in [-0.1, -0.05) is 255 Å². The zero-order valence-corrected chi connectivity index (χ0v) is 51.1. The summed E-state index contributed by atoms with van der Waals surface area (Å²) in [5.74, 6) is 0. The fraction of sp³-hybridized carbons (Fsp3) is 0. The van der Waals surface area contributed by atoms with E-state index >= 15 is 0 Å². The molecular weight excluding hydrogens is 1130 g/mol. The lowest BCUT2D eigenvalue weighted by molar-refractivity contribution is 1.13. The first kappa shape index (κ1) is 51.5. The van der Waals surface area contributed by atoms with Crippen LogP contribution >= 0.6 is 0 Å². The number of benzene rings is 17. The highest BCUT2D eigenvalue weighted by molar-refractivity contribution is 7.00. The van der Waals surface area contributed by atoms with Crippen molar-refractivity contribution >= 4 is 148 Å². The third kappa shape index (κ3) is 7.45. The maximum Gasteiger partial charge on any atom is 0.252 e. The van der Waals surface area contributed by atoms with Crippen LogP contribution in [0.2, 0.25) is 0 Å². The molecule has 0 bridgehead atoms. The van der Waals surface area contributed by atoms with Crippen molar-refractivity contribution in [3.63, 3.8) is 0 Å². The van der Waals surface area contributed by atoms with Crippen LogP contribution in [-0.2, 0) is 0 Å². The first-order valence-electron chi connectivity index (χ1n) is 32.7. The number of hydrogen-bond donors (Lipinski definition) is 0. The van der Waals surface area contributed by atoms with E-state index in [9.17, 15) is 0 Å². The second-order valence-electron chi connectivity index (χ2n) is 25.9. The molecule has 0 aliphatic carbocycles. The SMILES string of the molecule is c1ccc(-c2ccc3c(ccc4c3c3c5ccc(-c6ccccc6)cc5cc5c3n4-c3cc(N(c4ccc6ccccc6c4)c4ccc6ccccc6c4)cc4c3B5c3cc5cc(-c6ccccc6)ccc5c5c6c7ccc(-c8ccccc8)cc7ccc6n-4c35)c2)cc1. The largest absolute Gasteiger partial charge is 0.310 e. The number of aromatic nitrogens is 2. The summed E-state index contributed by atoms with van der Waals surface area (Å²) in [6, 6.07) is 124. The van der Waals surface area contributed by atoms with E-state index in [1.54, 1.807) is 0 Å². The minimum absolute atomic E-state index is 0.172. The Morgan fingerprint density at radius 3 is 0.957 bits per heavy atom. The van der Waals surface area contributed by atoms with Crippen LogP contribution in [0.3, 0.4) is 0 Å². The molecule has 0 saturated carbocycles. The van der Waals surface area contributed by atoms with Crippen LogP contribution in [0.1, 0.15) is 0 Å². The molecule has 4 heteroatoms. The Kier molecular flexibility index (Phi) is 10.8. The minimum Gasteiger partial charge on any atom is -0.310 e. The monoisotopic (exact) mass is 1190 g/mol. The van der Waals surface area contributed by atoms with E-state index in [0.29, 0.717) is 0 Å². The lowest BCUT2D eigenvalue weighted by Gasteiger charge is -2.36. The summed E-state index contributed by atoms with van der Waals surface area (Å²) in [6.07, 6.45) is 0. The molecule has 0 unspecified atom stereocenters. The Morgan fingerprint density at radius 1 is 0.223 bits per heavy atom. The molecule has 2 aliphatic heterocycles. The van der Waals surface area contributed by atoms with Crippen molar-refractivity contribution in [2.24, 2.45) is 0 Å². The molecule has 17 aromatic carbocycles. The zero-order valence-electron chi connectivity index (χ0n) is 51.1. The zero-order chi connectivity index (χ0) is 61.3. The second kappa shape index (κ2) is 19.6. The minimum atomic E-state index is -0.172. The van der Waals surface area contributed by atoms with Crippen molar-refractivity contribution in [3.05, 3.63) is 328 Å². The summed E-state index contributed by atoms with van der Waals surface area (Å²) in [5, 5.41) is 19.8. The third-order valence-corrected chi connectivity index (χ3v) is 20.9. The van der Waals surface area contributed by atoms with E-state index in [0.717, 1.165) is 17.1 Å². The Bertz CT molecular complexity index is 6080. The lowest BCUT2D eigenvalue weighted by atomic mass is 9.34. The van der Waals surface area contributed by atoms with Gasteiger partial charge in [0.2, 0.25) is 0 Å². The van der Waals surface area contributed by atoms with E-state index in [-0.39, 0.29) is 6.71 Å². The number of rotatable bonds is 7. The average molecular weight is 1190 g/mol. The predicted octanol–water partition coefficient (Wildman–Crippen LogP) is 22.1. The fourth-order valence-corrected chi connectivity index (χ4v) is 16.7. The smallest absolute Gasteiger partial charge is 0.252 e. The molecule has 4 heterocycles. The Balaban J connectivity index is 0.951. The summed E-state index contributed by atoms with van der Waals surface area (Å²) >= 11 is 0. The molecule has 0 N–H and O–H groups in total. The summed E-state index contributed by atoms with van der Waals surface area (Å²) < 4.78 is 5.38. The molecule has 21 rings (SSSR count). The first-order chi connectivity index (χ1) is 46.6. The van der Waals surface area contributed by atoms with Crippen molar-refractivity contribution in [2.75, 3.05) is 4.90 Å². The van der Waals surface area contributed by atoms with Crippen molar-refractivity contribution in [2.45, 2.75) is 0 Å². The van der Waals surface area contributed by atoms with Gasteiger partial charge < -0.3 is 14.0 Å². The Labute approximate surface area is 542 Å². The van der Waals surface area contributed by atoms with Gasteiger partial charge in [-0.05, 0) is 198 Å². The van der Waals surface area contributed by atoms with Gasteiger partial charge in [0, 0.05) is 44.3 Å². The van der Waals surface area contributed by atoms with Crippen molar-refractivity contribution < 1.29 is 0 Å². The molecule has 0 saturated heterocycles. The summed E-state index contributed by atoms with van der Waals surface area (Å²) in [6.45, 7) is -0.172. The highest BCUT2D eigenvalue weighted by Gasteiger charge is 2.43. The van der Waals surface area contributed by atoms with Crippen LogP contribution in [0.25, 0.3) is 164 Å². The fourth-order valence-electron chi connectivity index (χ4n) is 16.7. The van der Waals surface area contributed by atoms with Gasteiger partial charge in [-0.2, -0.15) is 0 Å². The normalized spacial score (nSPS) is 12.4. The molecule has 19 aromatic rings. The highest BCUT2D eigenvalue weighted by Crippen LogP contribution is 2.50. The van der Waals surface area contributed by atoms with Gasteiger partial charge in [0.1, 0.15) is 0 Å². The van der Waals surface area contributed by atoms with E-state index in [1.807, 2.05) is 0 Å². The van der Waals surface area contributed by atoms with Crippen LogP contribution in [0.4, 0.5) is 17.1 Å². The van der Waals surface area contributed by atoms with Gasteiger partial charge in [-0.15, -0.1) is 0 Å². The van der Waals surface area contributed by atoms with Crippen LogP contribution in [-0.4, -0.2) is 15.8 Å². The summed E-state index contributed by atoms with van der Waals surface area (Å²) in [5.41, 5.74) is 24.1. The third-order valence-electron chi connectivity index (χ3n) is 20.9. The number of hydrogen-bond acceptors (Lipinski definition) is 1. The number of nitrogens with zero attached hydrogens (tertiary/aromatic N) is 3. The molecule has 3 nitrogen and oxygen atoms in total. The van der Waals surface area contributed by atoms with Gasteiger partial charge in [-0.25, -0.2) is 0 Å². The maximum absolute atomic E-state index is 2.69. The predicted molar refractivity (Wildman–Crippen MR) is 401 cm³/mol. The van der Waals surface area contributed by atoms with Gasteiger partial charge in [0.15, 0.2) is 0 Å². The molecule has 0 atom stereocenters. The Morgan fingerprint density at radius 2 is 0.564 bits per heavy atom. The number of anilines is 3. The molecule has 2 aliphatic rings. The quantitative estimate of drug-likeness (QED) is 0.145. The van der Waals surface area contributed by atoms with Gasteiger partial charge in [-0.3, -0.25) is 0 Å². The molecule has 94 heavy (non-hydrogen) atoms. The van der Waals surface area contributed by atoms with Crippen LogP contribution in [0, 0.1) is 0 Å². The van der Waals surface area contributed by atoms with Crippen molar-refractivity contribution in [1.82, 2.24) is 9.13 Å². The van der Waals surface area contributed by atoms with Crippen molar-refractivity contribution in [3.8, 4) is 55.9 Å². The topological polar surface area (TPSA) is 13.1 Å². The number of fused-ring (bicyclic) bond motifs is 20. The van der Waals surface area contributed by atoms with Gasteiger partial charge in [0.25, 0.3) is 6.71 Å². The molecule has 2 aromatic heterocycles. The summed E-state index contributed by atoms with van der Waals surface area (Å²) in [7, 11) is 0. The first-order valence-corrected chi connectivity index (χ1v) is 32.7. The summed E-state index contributed by atoms with van der Waals surface area (Å²) in [4.78, 5) is 2.53. The molecular formula is C90H54BN3. The average Bonchev–Trinajstić information content (AvgIpc) is 1.44. The lowest BCUT2D eigenvalue weighted by Crippen LogP contribution is -2.59. The molecule has 0 radical (unpaired) electrons. The van der Waals surface area contributed by atoms with E-state index in [2.05, 4.69) is 342 Å². The van der Waals surface area contributed by atoms with Gasteiger partial charge >= 0.3 is 0 Å². The molecule has 432 valence electrons. The van der Waals surface area contributed by atoms with E-state index < -0.39 is 0 Å². The van der Waals surface area contributed by atoms with Crippen molar-refractivity contribution in [1.29, 1.82) is 0 Å².